The second-order valence-corrected chi connectivity index (χ2v) is 10.0. The Bertz CT molecular complexity index is 1130. The minimum atomic E-state index is 0.184. The van der Waals surface area contributed by atoms with Crippen molar-refractivity contribution in [3.63, 3.8) is 0 Å². The molecule has 3 aromatic rings. The van der Waals surface area contributed by atoms with Gasteiger partial charge in [-0.05, 0) is 54.5 Å². The van der Waals surface area contributed by atoms with Crippen molar-refractivity contribution in [1.29, 1.82) is 0 Å². The van der Waals surface area contributed by atoms with Gasteiger partial charge in [0, 0.05) is 75.0 Å². The lowest BCUT2D eigenvalue weighted by Crippen LogP contribution is -2.37. The van der Waals surface area contributed by atoms with Crippen LogP contribution >= 0.6 is 0 Å². The monoisotopic (exact) mass is 459 g/mol. The van der Waals surface area contributed by atoms with E-state index in [9.17, 15) is 4.79 Å². The van der Waals surface area contributed by atoms with E-state index in [0.717, 1.165) is 76.4 Å². The molecule has 0 N–H and O–H groups in total. The zero-order chi connectivity index (χ0) is 23.5. The summed E-state index contributed by atoms with van der Waals surface area (Å²) in [7, 11) is 1.76. The second-order valence-electron chi connectivity index (χ2n) is 10.0. The molecule has 3 heterocycles. The van der Waals surface area contributed by atoms with E-state index >= 15 is 0 Å². The predicted molar refractivity (Wildman–Crippen MR) is 137 cm³/mol. The fourth-order valence-electron chi connectivity index (χ4n) is 5.59. The van der Waals surface area contributed by atoms with Gasteiger partial charge in [0.05, 0.1) is 6.61 Å². The number of methoxy groups -OCH3 is 1. The number of aromatic nitrogens is 1. The fraction of sp³-hybridized carbons (Fsp3) is 0.483. The van der Waals surface area contributed by atoms with Crippen molar-refractivity contribution >= 4 is 16.8 Å². The van der Waals surface area contributed by atoms with Crippen LogP contribution in [0.1, 0.15) is 46.9 Å². The first kappa shape index (κ1) is 23.1. The standard InChI is InChI=1S/C29H37N3O2/c1-22-10-16-31(17-11-22)29(33)24-8-9-27-25(20-24)26-21-30(14-12-23-6-4-3-5-7-23)15-13-28(26)32(27)18-19-34-2/h3-9,20,22H,10-19,21H2,1-2H3. The Kier molecular flexibility index (Phi) is 7.02. The Labute approximate surface area is 203 Å². The molecule has 34 heavy (non-hydrogen) atoms. The number of rotatable bonds is 7. The number of hydrogen-bond donors (Lipinski definition) is 0. The molecule has 5 heteroatoms. The molecule has 0 spiro atoms. The molecule has 1 fully saturated rings. The molecule has 0 unspecified atom stereocenters. The zero-order valence-electron chi connectivity index (χ0n) is 20.6. The summed E-state index contributed by atoms with van der Waals surface area (Å²) in [6.45, 7) is 8.64. The highest BCUT2D eigenvalue weighted by Crippen LogP contribution is 2.32. The first-order valence-corrected chi connectivity index (χ1v) is 12.8. The van der Waals surface area contributed by atoms with Crippen LogP contribution in [0.4, 0.5) is 0 Å². The molecular weight excluding hydrogens is 422 g/mol. The van der Waals surface area contributed by atoms with Crippen LogP contribution in [0.25, 0.3) is 10.9 Å². The summed E-state index contributed by atoms with van der Waals surface area (Å²) in [6, 6.07) is 17.1. The van der Waals surface area contributed by atoms with E-state index in [0.29, 0.717) is 6.61 Å². The van der Waals surface area contributed by atoms with E-state index in [2.05, 4.69) is 58.9 Å². The van der Waals surface area contributed by atoms with Gasteiger partial charge < -0.3 is 14.2 Å². The van der Waals surface area contributed by atoms with Crippen molar-refractivity contribution in [3.05, 3.63) is 70.9 Å². The molecular formula is C29H37N3O2. The van der Waals surface area contributed by atoms with Crippen LogP contribution in [0.15, 0.2) is 48.5 Å². The normalized spacial score (nSPS) is 17.3. The third-order valence-corrected chi connectivity index (χ3v) is 7.73. The van der Waals surface area contributed by atoms with Crippen LogP contribution < -0.4 is 0 Å². The van der Waals surface area contributed by atoms with E-state index in [1.807, 2.05) is 11.0 Å². The van der Waals surface area contributed by atoms with Crippen LogP contribution in [0.5, 0.6) is 0 Å². The first-order chi connectivity index (χ1) is 16.6. The van der Waals surface area contributed by atoms with E-state index in [1.165, 1.54) is 27.7 Å². The summed E-state index contributed by atoms with van der Waals surface area (Å²) in [5, 5.41) is 1.24. The summed E-state index contributed by atoms with van der Waals surface area (Å²) < 4.78 is 7.85. The Hall–Kier alpha value is -2.63. The lowest BCUT2D eigenvalue weighted by molar-refractivity contribution is 0.0697. The van der Waals surface area contributed by atoms with Gasteiger partial charge in [0.2, 0.25) is 0 Å². The van der Waals surface area contributed by atoms with Gasteiger partial charge in [-0.2, -0.15) is 0 Å². The topological polar surface area (TPSA) is 37.7 Å². The molecule has 0 saturated carbocycles. The summed E-state index contributed by atoms with van der Waals surface area (Å²) in [6.07, 6.45) is 4.31. The molecule has 2 aliphatic heterocycles. The smallest absolute Gasteiger partial charge is 0.253 e. The van der Waals surface area contributed by atoms with E-state index < -0.39 is 0 Å². The number of hydrogen-bond acceptors (Lipinski definition) is 3. The highest BCUT2D eigenvalue weighted by molar-refractivity contribution is 5.99. The van der Waals surface area contributed by atoms with E-state index in [-0.39, 0.29) is 5.91 Å². The third kappa shape index (κ3) is 4.77. The summed E-state index contributed by atoms with van der Waals surface area (Å²) in [5.74, 6) is 0.902. The molecule has 0 radical (unpaired) electrons. The van der Waals surface area contributed by atoms with Crippen molar-refractivity contribution < 1.29 is 9.53 Å². The number of amides is 1. The Morgan fingerprint density at radius 1 is 1.03 bits per heavy atom. The first-order valence-electron chi connectivity index (χ1n) is 12.8. The lowest BCUT2D eigenvalue weighted by atomic mass is 9.98. The summed E-state index contributed by atoms with van der Waals surface area (Å²) >= 11 is 0. The zero-order valence-corrected chi connectivity index (χ0v) is 20.6. The number of carbonyl (C=O) groups excluding carboxylic acids is 1. The summed E-state index contributed by atoms with van der Waals surface area (Å²) in [5.41, 5.74) is 6.26. The third-order valence-electron chi connectivity index (χ3n) is 7.73. The SMILES string of the molecule is COCCn1c2c(c3cc(C(=O)N4CCC(C)CC4)ccc31)CN(CCc1ccccc1)CC2. The van der Waals surface area contributed by atoms with Gasteiger partial charge in [0.15, 0.2) is 0 Å². The molecule has 0 aliphatic carbocycles. The van der Waals surface area contributed by atoms with Crippen LogP contribution in [0, 0.1) is 5.92 Å². The van der Waals surface area contributed by atoms with Crippen LogP contribution in [-0.2, 0) is 30.7 Å². The average molecular weight is 460 g/mol. The Balaban J connectivity index is 1.42. The minimum Gasteiger partial charge on any atom is -0.383 e. The average Bonchev–Trinajstić information content (AvgIpc) is 3.19. The molecule has 2 aromatic carbocycles. The number of ether oxygens (including phenoxy) is 1. The number of carbonyl (C=O) groups is 1. The Morgan fingerprint density at radius 3 is 2.59 bits per heavy atom. The van der Waals surface area contributed by atoms with Gasteiger partial charge in [-0.25, -0.2) is 0 Å². The highest BCUT2D eigenvalue weighted by atomic mass is 16.5. The molecule has 0 bridgehead atoms. The molecule has 5 nitrogen and oxygen atoms in total. The highest BCUT2D eigenvalue weighted by Gasteiger charge is 2.26. The lowest BCUT2D eigenvalue weighted by Gasteiger charge is -2.30. The van der Waals surface area contributed by atoms with Crippen LogP contribution in [-0.4, -0.2) is 60.2 Å². The molecule has 5 rings (SSSR count). The maximum Gasteiger partial charge on any atom is 0.253 e. The van der Waals surface area contributed by atoms with Gasteiger partial charge in [-0.3, -0.25) is 9.69 Å². The number of fused-ring (bicyclic) bond motifs is 3. The maximum absolute atomic E-state index is 13.3. The van der Waals surface area contributed by atoms with Crippen LogP contribution in [0.2, 0.25) is 0 Å². The largest absolute Gasteiger partial charge is 0.383 e. The van der Waals surface area contributed by atoms with E-state index in [1.54, 1.807) is 7.11 Å². The number of benzene rings is 2. The summed E-state index contributed by atoms with van der Waals surface area (Å²) in [4.78, 5) is 17.9. The van der Waals surface area contributed by atoms with Gasteiger partial charge >= 0.3 is 0 Å². The van der Waals surface area contributed by atoms with Crippen molar-refractivity contribution in [1.82, 2.24) is 14.4 Å². The number of piperidine rings is 1. The predicted octanol–water partition coefficient (Wildman–Crippen LogP) is 4.76. The second kappa shape index (κ2) is 10.3. The number of likely N-dealkylation sites (tertiary alicyclic amines) is 1. The van der Waals surface area contributed by atoms with E-state index in [4.69, 9.17) is 4.74 Å². The molecule has 0 atom stereocenters. The molecule has 1 amide bonds. The molecule has 1 aromatic heterocycles. The number of nitrogens with zero attached hydrogens (tertiary/aromatic N) is 3. The molecule has 2 aliphatic rings. The van der Waals surface area contributed by atoms with Crippen molar-refractivity contribution in [3.8, 4) is 0 Å². The van der Waals surface area contributed by atoms with Gasteiger partial charge in [0.1, 0.15) is 0 Å². The van der Waals surface area contributed by atoms with Crippen molar-refractivity contribution in [2.45, 2.75) is 45.7 Å². The Morgan fingerprint density at radius 2 is 1.82 bits per heavy atom. The molecule has 1 saturated heterocycles. The molecule has 180 valence electrons. The van der Waals surface area contributed by atoms with Crippen LogP contribution in [0.3, 0.4) is 0 Å². The van der Waals surface area contributed by atoms with Crippen molar-refractivity contribution in [2.24, 2.45) is 5.92 Å². The quantitative estimate of drug-likeness (QED) is 0.511. The van der Waals surface area contributed by atoms with Gasteiger partial charge in [-0.15, -0.1) is 0 Å². The fourth-order valence-corrected chi connectivity index (χ4v) is 5.59. The van der Waals surface area contributed by atoms with Gasteiger partial charge in [-0.1, -0.05) is 37.3 Å². The maximum atomic E-state index is 13.3. The minimum absolute atomic E-state index is 0.184. The van der Waals surface area contributed by atoms with Gasteiger partial charge in [0.25, 0.3) is 5.91 Å². The van der Waals surface area contributed by atoms with Crippen molar-refractivity contribution in [2.75, 3.05) is 39.9 Å².